The maximum atomic E-state index is 10.8. The normalized spacial score (nSPS) is 20.9. The summed E-state index contributed by atoms with van der Waals surface area (Å²) >= 11 is 6.20. The number of hydrogen-bond acceptors (Lipinski definition) is 3. The van der Waals surface area contributed by atoms with E-state index >= 15 is 0 Å². The van der Waals surface area contributed by atoms with Crippen molar-refractivity contribution >= 4 is 18.1 Å². The monoisotopic (exact) mass is 300 g/mol. The van der Waals surface area contributed by atoms with Crippen molar-refractivity contribution in [1.82, 2.24) is 0 Å². The number of ether oxygens (including phenoxy) is 2. The van der Waals surface area contributed by atoms with Gasteiger partial charge in [0.2, 0.25) is 0 Å². The van der Waals surface area contributed by atoms with Crippen LogP contribution in [0.25, 0.3) is 0 Å². The van der Waals surface area contributed by atoms with E-state index in [2.05, 4.69) is 12.1 Å². The summed E-state index contributed by atoms with van der Waals surface area (Å²) in [5.41, 5.74) is 4.87. The SMILES string of the molecule is COc1ccc2c(c1)C1CC2c2ccc(Cl)c(OC=O)c21. The van der Waals surface area contributed by atoms with E-state index in [1.165, 1.54) is 16.7 Å². The first kappa shape index (κ1) is 12.7. The van der Waals surface area contributed by atoms with Gasteiger partial charge in [0.1, 0.15) is 5.75 Å². The van der Waals surface area contributed by atoms with Crippen LogP contribution in [0.3, 0.4) is 0 Å². The second kappa shape index (κ2) is 4.50. The predicted octanol–water partition coefficient (Wildman–Crippen LogP) is 3.86. The quantitative estimate of drug-likeness (QED) is 0.807. The number of benzene rings is 2. The Bertz CT molecular complexity index is 754. The average molecular weight is 301 g/mol. The molecule has 4 rings (SSSR count). The van der Waals surface area contributed by atoms with Crippen LogP contribution in [-0.4, -0.2) is 13.6 Å². The van der Waals surface area contributed by atoms with Crippen LogP contribution >= 0.6 is 11.6 Å². The molecule has 4 heteroatoms. The fourth-order valence-corrected chi connectivity index (χ4v) is 3.99. The molecular formula is C17H13ClO3. The third kappa shape index (κ3) is 1.64. The first-order valence-electron chi connectivity index (χ1n) is 6.85. The molecule has 106 valence electrons. The lowest BCUT2D eigenvalue weighted by atomic mass is 9.85. The average Bonchev–Trinajstić information content (AvgIpc) is 3.06. The van der Waals surface area contributed by atoms with E-state index < -0.39 is 0 Å². The zero-order chi connectivity index (χ0) is 14.6. The van der Waals surface area contributed by atoms with Gasteiger partial charge >= 0.3 is 0 Å². The van der Waals surface area contributed by atoms with Gasteiger partial charge in [-0.2, -0.15) is 0 Å². The number of halogens is 1. The minimum absolute atomic E-state index is 0.226. The number of hydrogen-bond donors (Lipinski definition) is 0. The molecule has 0 radical (unpaired) electrons. The molecule has 2 unspecified atom stereocenters. The lowest BCUT2D eigenvalue weighted by Crippen LogP contribution is -2.06. The van der Waals surface area contributed by atoms with Crippen LogP contribution in [0.2, 0.25) is 5.02 Å². The molecule has 0 N–H and O–H groups in total. The molecule has 2 aliphatic rings. The van der Waals surface area contributed by atoms with E-state index in [0.29, 0.717) is 23.2 Å². The number of methoxy groups -OCH3 is 1. The first-order valence-corrected chi connectivity index (χ1v) is 7.22. The van der Waals surface area contributed by atoms with Crippen molar-refractivity contribution in [3.63, 3.8) is 0 Å². The maximum absolute atomic E-state index is 10.8. The molecule has 0 heterocycles. The number of carbonyl (C=O) groups is 1. The summed E-state index contributed by atoms with van der Waals surface area (Å²) < 4.78 is 10.5. The van der Waals surface area contributed by atoms with Gasteiger partial charge in [-0.1, -0.05) is 23.7 Å². The fourth-order valence-electron chi connectivity index (χ4n) is 3.78. The van der Waals surface area contributed by atoms with E-state index in [4.69, 9.17) is 21.1 Å². The third-order valence-electron chi connectivity index (χ3n) is 4.59. The van der Waals surface area contributed by atoms with E-state index in [1.54, 1.807) is 7.11 Å². The summed E-state index contributed by atoms with van der Waals surface area (Å²) in [6.45, 7) is 0.444. The minimum Gasteiger partial charge on any atom is -0.497 e. The second-order valence-electron chi connectivity index (χ2n) is 5.43. The van der Waals surface area contributed by atoms with Crippen LogP contribution in [0.4, 0.5) is 0 Å². The van der Waals surface area contributed by atoms with Crippen molar-refractivity contribution < 1.29 is 14.3 Å². The molecule has 0 amide bonds. The Balaban J connectivity index is 1.91. The van der Waals surface area contributed by atoms with E-state index in [9.17, 15) is 4.79 Å². The topological polar surface area (TPSA) is 35.5 Å². The van der Waals surface area contributed by atoms with Gasteiger partial charge in [-0.25, -0.2) is 0 Å². The zero-order valence-electron chi connectivity index (χ0n) is 11.4. The van der Waals surface area contributed by atoms with Crippen molar-refractivity contribution in [1.29, 1.82) is 0 Å². The highest BCUT2D eigenvalue weighted by Crippen LogP contribution is 2.60. The second-order valence-corrected chi connectivity index (χ2v) is 5.84. The molecule has 2 bridgehead atoms. The summed E-state index contributed by atoms with van der Waals surface area (Å²) in [5.74, 6) is 1.94. The van der Waals surface area contributed by atoms with E-state index in [-0.39, 0.29) is 5.92 Å². The standard InChI is InChI=1S/C17H13ClO3/c1-20-9-2-3-10-12(6-9)14-7-13(10)11-4-5-15(18)17(16(11)14)21-8-19/h2-6,8,13-14H,7H2,1H3. The lowest BCUT2D eigenvalue weighted by molar-refractivity contribution is -0.120. The van der Waals surface area contributed by atoms with E-state index in [0.717, 1.165) is 17.7 Å². The van der Waals surface area contributed by atoms with Gasteiger partial charge in [0.25, 0.3) is 6.47 Å². The molecule has 2 aromatic carbocycles. The molecule has 0 aliphatic heterocycles. The molecule has 3 nitrogen and oxygen atoms in total. The Hall–Kier alpha value is -2.00. The smallest absolute Gasteiger partial charge is 0.298 e. The van der Waals surface area contributed by atoms with Crippen molar-refractivity contribution in [3.8, 4) is 11.5 Å². The summed E-state index contributed by atoms with van der Waals surface area (Å²) in [4.78, 5) is 10.8. The molecule has 0 fully saturated rings. The summed E-state index contributed by atoms with van der Waals surface area (Å²) in [6.07, 6.45) is 1.01. The van der Waals surface area contributed by atoms with Gasteiger partial charge in [0.05, 0.1) is 12.1 Å². The van der Waals surface area contributed by atoms with Gasteiger partial charge in [-0.15, -0.1) is 0 Å². The Kier molecular flexibility index (Phi) is 2.73. The summed E-state index contributed by atoms with van der Waals surface area (Å²) in [5, 5.41) is 0.484. The molecular weight excluding hydrogens is 288 g/mol. The van der Waals surface area contributed by atoms with Crippen molar-refractivity contribution in [2.45, 2.75) is 18.3 Å². The molecule has 0 saturated heterocycles. The Labute approximate surface area is 127 Å². The number of rotatable bonds is 3. The predicted molar refractivity (Wildman–Crippen MR) is 79.4 cm³/mol. The Morgan fingerprint density at radius 2 is 1.95 bits per heavy atom. The molecule has 0 aromatic heterocycles. The summed E-state index contributed by atoms with van der Waals surface area (Å²) in [7, 11) is 1.67. The lowest BCUT2D eigenvalue weighted by Gasteiger charge is -2.22. The molecule has 0 saturated carbocycles. The fraction of sp³-hybridized carbons (Fsp3) is 0.235. The molecule has 2 atom stereocenters. The Morgan fingerprint density at radius 1 is 1.14 bits per heavy atom. The van der Waals surface area contributed by atoms with Crippen LogP contribution in [0, 0.1) is 0 Å². The van der Waals surface area contributed by atoms with Crippen molar-refractivity contribution in [3.05, 3.63) is 57.6 Å². The van der Waals surface area contributed by atoms with Gasteiger partial charge in [-0.05, 0) is 41.3 Å². The van der Waals surface area contributed by atoms with Crippen molar-refractivity contribution in [2.75, 3.05) is 7.11 Å². The van der Waals surface area contributed by atoms with Crippen LogP contribution < -0.4 is 9.47 Å². The minimum atomic E-state index is 0.226. The Morgan fingerprint density at radius 3 is 2.71 bits per heavy atom. The van der Waals surface area contributed by atoms with Gasteiger partial charge < -0.3 is 9.47 Å². The highest BCUT2D eigenvalue weighted by molar-refractivity contribution is 6.32. The highest BCUT2D eigenvalue weighted by Gasteiger charge is 2.44. The van der Waals surface area contributed by atoms with Gasteiger partial charge in [0, 0.05) is 17.4 Å². The zero-order valence-corrected chi connectivity index (χ0v) is 12.2. The number of fused-ring (bicyclic) bond motifs is 8. The van der Waals surface area contributed by atoms with Crippen molar-refractivity contribution in [2.24, 2.45) is 0 Å². The van der Waals surface area contributed by atoms with E-state index in [1.807, 2.05) is 18.2 Å². The van der Waals surface area contributed by atoms with Crippen LogP contribution in [0.5, 0.6) is 11.5 Å². The molecule has 2 aromatic rings. The maximum Gasteiger partial charge on any atom is 0.298 e. The number of carbonyl (C=O) groups excluding carboxylic acids is 1. The molecule has 2 aliphatic carbocycles. The first-order chi connectivity index (χ1) is 10.2. The largest absolute Gasteiger partial charge is 0.497 e. The molecule has 0 spiro atoms. The highest BCUT2D eigenvalue weighted by atomic mass is 35.5. The van der Waals surface area contributed by atoms with Crippen LogP contribution in [0.15, 0.2) is 30.3 Å². The molecule has 21 heavy (non-hydrogen) atoms. The third-order valence-corrected chi connectivity index (χ3v) is 4.89. The summed E-state index contributed by atoms with van der Waals surface area (Å²) in [6, 6.07) is 10.1. The van der Waals surface area contributed by atoms with Crippen LogP contribution in [-0.2, 0) is 4.79 Å². The van der Waals surface area contributed by atoms with Gasteiger partial charge in [-0.3, -0.25) is 4.79 Å². The van der Waals surface area contributed by atoms with Gasteiger partial charge in [0.15, 0.2) is 5.75 Å². The van der Waals surface area contributed by atoms with Crippen LogP contribution in [0.1, 0.15) is 40.5 Å².